The van der Waals surface area contributed by atoms with E-state index in [9.17, 15) is 0 Å². The van der Waals surface area contributed by atoms with Gasteiger partial charge in [-0.05, 0) is 25.3 Å². The average molecular weight is 291 g/mol. The number of fused-ring (bicyclic) bond motifs is 1. The van der Waals surface area contributed by atoms with E-state index in [4.69, 9.17) is 19.9 Å². The second-order valence-corrected chi connectivity index (χ2v) is 6.67. The van der Waals surface area contributed by atoms with E-state index in [1.807, 2.05) is 32.0 Å². The van der Waals surface area contributed by atoms with Crippen molar-refractivity contribution in [3.05, 3.63) is 35.9 Å². The lowest BCUT2D eigenvalue weighted by Gasteiger charge is -2.26. The second-order valence-electron chi connectivity index (χ2n) is 6.67. The maximum Gasteiger partial charge on any atom is 0.163 e. The third-order valence-electron chi connectivity index (χ3n) is 4.67. The van der Waals surface area contributed by atoms with Crippen molar-refractivity contribution in [3.8, 4) is 0 Å². The summed E-state index contributed by atoms with van der Waals surface area (Å²) in [6, 6.07) is 10.2. The third kappa shape index (κ3) is 2.99. The Bertz CT molecular complexity index is 476. The minimum atomic E-state index is -0.537. The van der Waals surface area contributed by atoms with Crippen LogP contribution in [0.5, 0.6) is 0 Å². The summed E-state index contributed by atoms with van der Waals surface area (Å²) in [4.78, 5) is 0. The Morgan fingerprint density at radius 2 is 1.81 bits per heavy atom. The van der Waals surface area contributed by atoms with Crippen molar-refractivity contribution in [1.29, 1.82) is 0 Å². The number of hydrogen-bond donors (Lipinski definition) is 1. The van der Waals surface area contributed by atoms with Gasteiger partial charge < -0.3 is 19.9 Å². The van der Waals surface area contributed by atoms with Gasteiger partial charge in [-0.25, -0.2) is 0 Å². The summed E-state index contributed by atoms with van der Waals surface area (Å²) in [5.74, 6) is 0.0903. The van der Waals surface area contributed by atoms with Gasteiger partial charge in [0.05, 0.1) is 19.3 Å². The van der Waals surface area contributed by atoms with Crippen LogP contribution < -0.4 is 5.73 Å². The fourth-order valence-electron chi connectivity index (χ4n) is 3.46. The first-order valence-electron chi connectivity index (χ1n) is 7.71. The molecule has 1 aliphatic heterocycles. The molecule has 116 valence electrons. The van der Waals surface area contributed by atoms with Gasteiger partial charge in [0.2, 0.25) is 0 Å². The highest BCUT2D eigenvalue weighted by Crippen LogP contribution is 2.44. The van der Waals surface area contributed by atoms with Crippen molar-refractivity contribution in [2.24, 2.45) is 17.6 Å². The average Bonchev–Trinajstić information content (AvgIpc) is 2.87. The smallest absolute Gasteiger partial charge is 0.163 e. The zero-order valence-corrected chi connectivity index (χ0v) is 13.0. The first-order valence-corrected chi connectivity index (χ1v) is 7.71. The van der Waals surface area contributed by atoms with Crippen LogP contribution in [0, 0.1) is 11.8 Å². The van der Waals surface area contributed by atoms with Gasteiger partial charge >= 0.3 is 0 Å². The molecule has 4 nitrogen and oxygen atoms in total. The normalized spacial score (nSPS) is 37.6. The molecule has 1 aromatic carbocycles. The van der Waals surface area contributed by atoms with Gasteiger partial charge in [0.25, 0.3) is 0 Å². The monoisotopic (exact) mass is 291 g/mol. The molecular formula is C17H25NO3. The highest BCUT2D eigenvalue weighted by atomic mass is 16.8. The van der Waals surface area contributed by atoms with Gasteiger partial charge in [-0.15, -0.1) is 0 Å². The molecule has 2 aliphatic rings. The molecule has 1 unspecified atom stereocenters. The molecule has 0 aromatic heterocycles. The van der Waals surface area contributed by atoms with E-state index in [0.717, 1.165) is 0 Å². The summed E-state index contributed by atoms with van der Waals surface area (Å²) in [5, 5.41) is 0. The van der Waals surface area contributed by atoms with Crippen LogP contribution in [-0.2, 0) is 20.8 Å². The van der Waals surface area contributed by atoms with E-state index in [-0.39, 0.29) is 24.2 Å². The summed E-state index contributed by atoms with van der Waals surface area (Å²) in [7, 11) is 0. The Labute approximate surface area is 126 Å². The topological polar surface area (TPSA) is 53.7 Å². The zero-order chi connectivity index (χ0) is 15.0. The number of ether oxygens (including phenoxy) is 3. The summed E-state index contributed by atoms with van der Waals surface area (Å²) < 4.78 is 17.9. The lowest BCUT2D eigenvalue weighted by molar-refractivity contribution is -0.164. The molecule has 0 radical (unpaired) electrons. The highest BCUT2D eigenvalue weighted by Gasteiger charge is 2.56. The Hall–Kier alpha value is -0.940. The lowest BCUT2D eigenvalue weighted by atomic mass is 9.95. The fraction of sp³-hybridized carbons (Fsp3) is 0.647. The molecule has 1 saturated heterocycles. The van der Waals surface area contributed by atoms with E-state index in [1.54, 1.807) is 0 Å². The third-order valence-corrected chi connectivity index (χ3v) is 4.67. The van der Waals surface area contributed by atoms with Crippen molar-refractivity contribution >= 4 is 0 Å². The first kappa shape index (κ1) is 15.0. The van der Waals surface area contributed by atoms with Crippen LogP contribution in [0.2, 0.25) is 0 Å². The minimum absolute atomic E-state index is 0.0136. The molecule has 21 heavy (non-hydrogen) atoms. The second kappa shape index (κ2) is 5.69. The van der Waals surface area contributed by atoms with Crippen LogP contribution in [0.15, 0.2) is 30.3 Å². The Morgan fingerprint density at radius 1 is 1.14 bits per heavy atom. The van der Waals surface area contributed by atoms with Crippen molar-refractivity contribution in [2.75, 3.05) is 6.61 Å². The number of benzene rings is 1. The number of hydrogen-bond acceptors (Lipinski definition) is 4. The van der Waals surface area contributed by atoms with Crippen molar-refractivity contribution in [1.82, 2.24) is 0 Å². The van der Waals surface area contributed by atoms with Gasteiger partial charge in [-0.3, -0.25) is 0 Å². The molecule has 0 spiro atoms. The minimum Gasteiger partial charge on any atom is -0.376 e. The Balaban J connectivity index is 1.59. The molecule has 5 atom stereocenters. The van der Waals surface area contributed by atoms with Crippen molar-refractivity contribution in [2.45, 2.75) is 51.4 Å². The van der Waals surface area contributed by atoms with Crippen LogP contribution in [0.1, 0.15) is 26.3 Å². The molecule has 0 bridgehead atoms. The molecule has 1 saturated carbocycles. The Kier molecular flexibility index (Phi) is 4.06. The van der Waals surface area contributed by atoms with E-state index in [0.29, 0.717) is 19.1 Å². The standard InChI is InChI=1S/C17H25NO3/c1-11-13(10-19-9-12-7-5-4-6-8-12)15-16(14(11)18)21-17(2,3)20-15/h4-8,11,13-16H,9-10,18H2,1-3H3/t11-,13-,14?,15+,16-/m0/s1. The number of rotatable bonds is 4. The van der Waals surface area contributed by atoms with Crippen LogP contribution in [0.4, 0.5) is 0 Å². The van der Waals surface area contributed by atoms with Gasteiger partial charge in [0, 0.05) is 12.0 Å². The van der Waals surface area contributed by atoms with Crippen LogP contribution >= 0.6 is 0 Å². The van der Waals surface area contributed by atoms with E-state index < -0.39 is 5.79 Å². The first-order chi connectivity index (χ1) is 9.98. The van der Waals surface area contributed by atoms with E-state index >= 15 is 0 Å². The molecule has 1 aliphatic carbocycles. The predicted octanol–water partition coefficient (Wildman–Crippen LogP) is 2.32. The maximum absolute atomic E-state index is 6.30. The molecule has 0 amide bonds. The van der Waals surface area contributed by atoms with Gasteiger partial charge in [0.1, 0.15) is 6.10 Å². The summed E-state index contributed by atoms with van der Waals surface area (Å²) in [6.45, 7) is 7.35. The van der Waals surface area contributed by atoms with Gasteiger partial charge in [-0.1, -0.05) is 37.3 Å². The number of nitrogens with two attached hydrogens (primary N) is 1. The van der Waals surface area contributed by atoms with Crippen LogP contribution in [-0.4, -0.2) is 30.6 Å². The molecule has 4 heteroatoms. The van der Waals surface area contributed by atoms with Crippen LogP contribution in [0.25, 0.3) is 0 Å². The quantitative estimate of drug-likeness (QED) is 0.925. The van der Waals surface area contributed by atoms with E-state index in [2.05, 4.69) is 19.1 Å². The largest absolute Gasteiger partial charge is 0.376 e. The zero-order valence-electron chi connectivity index (χ0n) is 13.0. The molecular weight excluding hydrogens is 266 g/mol. The van der Waals surface area contributed by atoms with Crippen LogP contribution in [0.3, 0.4) is 0 Å². The van der Waals surface area contributed by atoms with Gasteiger partial charge in [0.15, 0.2) is 5.79 Å². The SMILES string of the molecule is C[C@@H]1C(N)[C@@H]2OC(C)(C)O[C@@H]2[C@H]1COCc1ccccc1. The van der Waals surface area contributed by atoms with Gasteiger partial charge in [-0.2, -0.15) is 0 Å². The maximum atomic E-state index is 6.30. The predicted molar refractivity (Wildman–Crippen MR) is 80.6 cm³/mol. The summed E-state index contributed by atoms with van der Waals surface area (Å²) in [5.41, 5.74) is 7.49. The molecule has 2 N–H and O–H groups in total. The lowest BCUT2D eigenvalue weighted by Crippen LogP contribution is -2.38. The fourth-order valence-corrected chi connectivity index (χ4v) is 3.46. The summed E-state index contributed by atoms with van der Waals surface area (Å²) in [6.07, 6.45) is 0.0288. The summed E-state index contributed by atoms with van der Waals surface area (Å²) >= 11 is 0. The molecule has 1 heterocycles. The van der Waals surface area contributed by atoms with Crippen molar-refractivity contribution < 1.29 is 14.2 Å². The molecule has 1 aromatic rings. The van der Waals surface area contributed by atoms with E-state index in [1.165, 1.54) is 5.56 Å². The highest BCUT2D eigenvalue weighted by molar-refractivity contribution is 5.13. The molecule has 2 fully saturated rings. The van der Waals surface area contributed by atoms with Crippen molar-refractivity contribution in [3.63, 3.8) is 0 Å². The molecule has 3 rings (SSSR count). The Morgan fingerprint density at radius 3 is 2.52 bits per heavy atom.